The Kier molecular flexibility index (Phi) is 4.05. The highest BCUT2D eigenvalue weighted by Crippen LogP contribution is 2.40. The molecule has 1 atom stereocenters. The summed E-state index contributed by atoms with van der Waals surface area (Å²) >= 11 is 1.74. The number of thiazole rings is 1. The first-order valence-electron chi connectivity index (χ1n) is 8.05. The summed E-state index contributed by atoms with van der Waals surface area (Å²) in [5.74, 6) is 1.14. The molecule has 0 aliphatic carbocycles. The minimum absolute atomic E-state index is 0.0267. The van der Waals surface area contributed by atoms with Crippen molar-refractivity contribution in [1.29, 1.82) is 0 Å². The topological polar surface area (TPSA) is 47.5 Å². The lowest BCUT2D eigenvalue weighted by molar-refractivity contribution is -0.140. The summed E-state index contributed by atoms with van der Waals surface area (Å²) < 4.78 is 11.9. The van der Waals surface area contributed by atoms with Gasteiger partial charge in [0.2, 0.25) is 5.88 Å². The molecule has 4 rings (SSSR count). The molecule has 0 amide bonds. The van der Waals surface area contributed by atoms with E-state index in [-0.39, 0.29) is 5.60 Å². The number of hydrogen-bond donors (Lipinski definition) is 0. The molecule has 4 heterocycles. The largest absolute Gasteiger partial charge is 0.477 e. The van der Waals surface area contributed by atoms with Crippen LogP contribution in [0.2, 0.25) is 0 Å². The summed E-state index contributed by atoms with van der Waals surface area (Å²) in [5, 5.41) is 3.30. The van der Waals surface area contributed by atoms with E-state index in [1.807, 2.05) is 25.1 Å². The van der Waals surface area contributed by atoms with Crippen LogP contribution in [0.5, 0.6) is 5.88 Å². The van der Waals surface area contributed by atoms with Crippen molar-refractivity contribution in [1.82, 2.24) is 14.9 Å². The standard InChI is InChI=1S/C17H21N3O2S/c1-13-10-23-16(19-13)8-20-11-17(12-20)14(5-7-22-17)9-21-15-4-2-3-6-18-15/h2-4,6,10,14H,5,7-9,11-12H2,1H3/t14-/m1/s1. The summed E-state index contributed by atoms with van der Waals surface area (Å²) in [5.41, 5.74) is 1.08. The predicted octanol–water partition coefficient (Wildman–Crippen LogP) is 2.52. The van der Waals surface area contributed by atoms with E-state index in [0.29, 0.717) is 18.4 Å². The maximum absolute atomic E-state index is 6.09. The van der Waals surface area contributed by atoms with E-state index in [2.05, 4.69) is 20.2 Å². The highest BCUT2D eigenvalue weighted by Gasteiger charge is 2.53. The molecule has 122 valence electrons. The van der Waals surface area contributed by atoms with Crippen LogP contribution in [-0.4, -0.2) is 46.8 Å². The number of hydrogen-bond acceptors (Lipinski definition) is 6. The van der Waals surface area contributed by atoms with Gasteiger partial charge in [-0.3, -0.25) is 4.90 Å². The number of nitrogens with zero attached hydrogens (tertiary/aromatic N) is 3. The third-order valence-corrected chi connectivity index (χ3v) is 5.63. The van der Waals surface area contributed by atoms with E-state index < -0.39 is 0 Å². The summed E-state index contributed by atoms with van der Waals surface area (Å²) in [6.07, 6.45) is 2.83. The molecule has 0 unspecified atom stereocenters. The molecule has 6 heteroatoms. The second-order valence-corrected chi connectivity index (χ2v) is 7.35. The van der Waals surface area contributed by atoms with Crippen molar-refractivity contribution < 1.29 is 9.47 Å². The number of rotatable bonds is 5. The van der Waals surface area contributed by atoms with Gasteiger partial charge in [-0.15, -0.1) is 11.3 Å². The SMILES string of the molecule is Cc1csc(CN2CC3(C2)OCC[C@@H]3COc2ccccn2)n1. The first-order valence-corrected chi connectivity index (χ1v) is 8.93. The maximum Gasteiger partial charge on any atom is 0.213 e. The maximum atomic E-state index is 6.09. The number of likely N-dealkylation sites (tertiary alicyclic amines) is 1. The molecular weight excluding hydrogens is 310 g/mol. The molecule has 2 aliphatic heterocycles. The minimum atomic E-state index is -0.0267. The third kappa shape index (κ3) is 3.11. The monoisotopic (exact) mass is 331 g/mol. The van der Waals surface area contributed by atoms with Crippen LogP contribution >= 0.6 is 11.3 Å². The van der Waals surface area contributed by atoms with E-state index in [1.165, 1.54) is 5.01 Å². The van der Waals surface area contributed by atoms with Crippen molar-refractivity contribution in [2.24, 2.45) is 5.92 Å². The van der Waals surface area contributed by atoms with Gasteiger partial charge in [0.05, 0.1) is 18.8 Å². The summed E-state index contributed by atoms with van der Waals surface area (Å²) in [6, 6.07) is 5.75. The second kappa shape index (κ2) is 6.19. The Hall–Kier alpha value is -1.50. The highest BCUT2D eigenvalue weighted by molar-refractivity contribution is 7.09. The molecule has 23 heavy (non-hydrogen) atoms. The number of aromatic nitrogens is 2. The van der Waals surface area contributed by atoms with Gasteiger partial charge in [-0.1, -0.05) is 6.07 Å². The fourth-order valence-electron chi connectivity index (χ4n) is 3.48. The molecule has 0 bridgehead atoms. The zero-order chi connectivity index (χ0) is 15.7. The van der Waals surface area contributed by atoms with E-state index in [9.17, 15) is 0 Å². The van der Waals surface area contributed by atoms with Gasteiger partial charge in [0.1, 0.15) is 5.01 Å². The first-order chi connectivity index (χ1) is 11.2. The lowest BCUT2D eigenvalue weighted by Crippen LogP contribution is -2.64. The highest BCUT2D eigenvalue weighted by atomic mass is 32.1. The Morgan fingerprint density at radius 3 is 3.09 bits per heavy atom. The van der Waals surface area contributed by atoms with Gasteiger partial charge in [0, 0.05) is 49.0 Å². The van der Waals surface area contributed by atoms with Crippen molar-refractivity contribution in [3.8, 4) is 5.88 Å². The Morgan fingerprint density at radius 2 is 2.35 bits per heavy atom. The van der Waals surface area contributed by atoms with E-state index in [0.717, 1.165) is 38.4 Å². The third-order valence-electron chi connectivity index (χ3n) is 4.68. The molecule has 2 aromatic heterocycles. The molecule has 2 fully saturated rings. The molecule has 0 N–H and O–H groups in total. The van der Waals surface area contributed by atoms with Crippen LogP contribution in [0.15, 0.2) is 29.8 Å². The van der Waals surface area contributed by atoms with Gasteiger partial charge < -0.3 is 9.47 Å². The van der Waals surface area contributed by atoms with Crippen molar-refractivity contribution in [3.05, 3.63) is 40.5 Å². The zero-order valence-corrected chi connectivity index (χ0v) is 14.1. The zero-order valence-electron chi connectivity index (χ0n) is 13.3. The Labute approximate surface area is 140 Å². The number of aryl methyl sites for hydroxylation is 1. The smallest absolute Gasteiger partial charge is 0.213 e. The van der Waals surface area contributed by atoms with Gasteiger partial charge in [-0.05, 0) is 19.4 Å². The quantitative estimate of drug-likeness (QED) is 0.842. The summed E-state index contributed by atoms with van der Waals surface area (Å²) in [4.78, 5) is 11.2. The van der Waals surface area contributed by atoms with Crippen molar-refractivity contribution in [3.63, 3.8) is 0 Å². The van der Waals surface area contributed by atoms with Crippen LogP contribution in [0.25, 0.3) is 0 Å². The van der Waals surface area contributed by atoms with Crippen LogP contribution < -0.4 is 4.74 Å². The molecular formula is C17H21N3O2S. The van der Waals surface area contributed by atoms with Crippen LogP contribution in [0.3, 0.4) is 0 Å². The molecule has 2 aromatic rings. The summed E-state index contributed by atoms with van der Waals surface area (Å²) in [7, 11) is 0. The number of ether oxygens (including phenoxy) is 2. The van der Waals surface area contributed by atoms with Gasteiger partial charge in [0.25, 0.3) is 0 Å². The van der Waals surface area contributed by atoms with E-state index >= 15 is 0 Å². The fourth-order valence-corrected chi connectivity index (χ4v) is 4.29. The van der Waals surface area contributed by atoms with Gasteiger partial charge in [-0.25, -0.2) is 9.97 Å². The second-order valence-electron chi connectivity index (χ2n) is 6.41. The van der Waals surface area contributed by atoms with Gasteiger partial charge >= 0.3 is 0 Å². The minimum Gasteiger partial charge on any atom is -0.477 e. The summed E-state index contributed by atoms with van der Waals surface area (Å²) in [6.45, 7) is 6.44. The molecule has 2 aliphatic rings. The average Bonchev–Trinajstić information content (AvgIpc) is 3.12. The molecule has 0 aromatic carbocycles. The number of pyridine rings is 1. The van der Waals surface area contributed by atoms with Crippen molar-refractivity contribution >= 4 is 11.3 Å². The van der Waals surface area contributed by atoms with Gasteiger partial charge in [-0.2, -0.15) is 0 Å². The van der Waals surface area contributed by atoms with E-state index in [4.69, 9.17) is 9.47 Å². The molecule has 1 spiro atoms. The Morgan fingerprint density at radius 1 is 1.43 bits per heavy atom. The molecule has 5 nitrogen and oxygen atoms in total. The Balaban J connectivity index is 1.32. The average molecular weight is 331 g/mol. The van der Waals surface area contributed by atoms with Gasteiger partial charge in [0.15, 0.2) is 0 Å². The van der Waals surface area contributed by atoms with Crippen LogP contribution in [0, 0.1) is 12.8 Å². The van der Waals surface area contributed by atoms with E-state index in [1.54, 1.807) is 17.5 Å². The van der Waals surface area contributed by atoms with Crippen LogP contribution in [-0.2, 0) is 11.3 Å². The fraction of sp³-hybridized carbons (Fsp3) is 0.529. The van der Waals surface area contributed by atoms with Crippen molar-refractivity contribution in [2.75, 3.05) is 26.3 Å². The van der Waals surface area contributed by atoms with Crippen molar-refractivity contribution in [2.45, 2.75) is 25.5 Å². The van der Waals surface area contributed by atoms with Crippen LogP contribution in [0.4, 0.5) is 0 Å². The van der Waals surface area contributed by atoms with Crippen LogP contribution in [0.1, 0.15) is 17.1 Å². The lowest BCUT2D eigenvalue weighted by Gasteiger charge is -2.49. The molecule has 0 saturated carbocycles. The Bertz CT molecular complexity index is 655. The molecule has 2 saturated heterocycles. The lowest BCUT2D eigenvalue weighted by atomic mass is 9.81. The molecule has 0 radical (unpaired) electrons. The predicted molar refractivity (Wildman–Crippen MR) is 88.7 cm³/mol. The first kappa shape index (κ1) is 15.1. The normalized spacial score (nSPS) is 23.1.